The summed E-state index contributed by atoms with van der Waals surface area (Å²) < 4.78 is 1.46. The number of aromatic nitrogens is 2. The second-order valence-electron chi connectivity index (χ2n) is 7.88. The van der Waals surface area contributed by atoms with E-state index in [1.165, 1.54) is 22.2 Å². The van der Waals surface area contributed by atoms with Crippen LogP contribution in [0.2, 0.25) is 0 Å². The molecule has 0 saturated carbocycles. The molecule has 0 aliphatic heterocycles. The van der Waals surface area contributed by atoms with Gasteiger partial charge >= 0.3 is 0 Å². The molecule has 7 heteroatoms. The lowest BCUT2D eigenvalue weighted by atomic mass is 9.97. The summed E-state index contributed by atoms with van der Waals surface area (Å²) in [5, 5.41) is 0.724. The number of rotatable bonds is 5. The van der Waals surface area contributed by atoms with Crippen molar-refractivity contribution in [3.8, 4) is 0 Å². The zero-order valence-electron chi connectivity index (χ0n) is 17.1. The topological polar surface area (TPSA) is 58.4 Å². The maximum Gasteiger partial charge on any atom is 0.262 e. The normalized spacial score (nSPS) is 13.3. The maximum atomic E-state index is 13.0. The van der Waals surface area contributed by atoms with E-state index >= 15 is 0 Å². The summed E-state index contributed by atoms with van der Waals surface area (Å²) in [6.07, 6.45) is 5.77. The smallest absolute Gasteiger partial charge is 0.262 e. The molecule has 0 spiro atoms. The molecule has 2 aromatic heterocycles. The molecule has 29 heavy (non-hydrogen) atoms. The van der Waals surface area contributed by atoms with Gasteiger partial charge in [0.1, 0.15) is 11.4 Å². The van der Waals surface area contributed by atoms with E-state index in [1.54, 1.807) is 23.3 Å². The van der Waals surface area contributed by atoms with Crippen molar-refractivity contribution in [2.24, 2.45) is 0 Å². The number of amides is 1. The number of nitrogens with zero attached hydrogens (tertiary/aromatic N) is 4. The van der Waals surface area contributed by atoms with Crippen LogP contribution in [0.25, 0.3) is 10.2 Å². The van der Waals surface area contributed by atoms with Crippen molar-refractivity contribution in [2.45, 2.75) is 38.8 Å². The Kier molecular flexibility index (Phi) is 5.41. The Morgan fingerprint density at radius 1 is 1.14 bits per heavy atom. The number of anilines is 1. The molecule has 0 unspecified atom stereocenters. The van der Waals surface area contributed by atoms with E-state index in [1.807, 2.05) is 43.3 Å². The fourth-order valence-electron chi connectivity index (χ4n) is 3.82. The Morgan fingerprint density at radius 2 is 1.86 bits per heavy atom. The van der Waals surface area contributed by atoms with Gasteiger partial charge in [-0.15, -0.1) is 11.3 Å². The molecule has 1 amide bonds. The SMILES string of the molecule is CN(Cc1ccc(N(C)C)cc1)C(=O)Cn1cnc2sc3c(c2c1=O)CCCC3. The maximum absolute atomic E-state index is 13.0. The zero-order chi connectivity index (χ0) is 20.5. The number of fused-ring (bicyclic) bond motifs is 3. The third kappa shape index (κ3) is 3.92. The van der Waals surface area contributed by atoms with E-state index in [0.29, 0.717) is 6.54 Å². The van der Waals surface area contributed by atoms with Gasteiger partial charge in [-0.2, -0.15) is 0 Å². The van der Waals surface area contributed by atoms with Gasteiger partial charge in [-0.25, -0.2) is 4.98 Å². The molecule has 1 aromatic carbocycles. The van der Waals surface area contributed by atoms with Gasteiger partial charge in [0, 0.05) is 38.3 Å². The quantitative estimate of drug-likeness (QED) is 0.649. The number of aryl methyl sites for hydroxylation is 2. The van der Waals surface area contributed by atoms with Crippen LogP contribution in [0.1, 0.15) is 28.8 Å². The van der Waals surface area contributed by atoms with Crippen LogP contribution >= 0.6 is 11.3 Å². The van der Waals surface area contributed by atoms with Crippen molar-refractivity contribution < 1.29 is 4.79 Å². The Labute approximate surface area is 174 Å². The second kappa shape index (κ2) is 7.99. The van der Waals surface area contributed by atoms with Gasteiger partial charge in [0.25, 0.3) is 5.56 Å². The minimum absolute atomic E-state index is 0.0126. The van der Waals surface area contributed by atoms with Crippen molar-refractivity contribution >= 4 is 33.1 Å². The number of carbonyl (C=O) groups excluding carboxylic acids is 1. The Morgan fingerprint density at radius 3 is 2.59 bits per heavy atom. The molecule has 0 atom stereocenters. The van der Waals surface area contributed by atoms with Crippen LogP contribution in [0.15, 0.2) is 35.4 Å². The molecular formula is C22H26N4O2S. The first kappa shape index (κ1) is 19.6. The highest BCUT2D eigenvalue weighted by Crippen LogP contribution is 2.33. The first-order valence-electron chi connectivity index (χ1n) is 9.94. The van der Waals surface area contributed by atoms with Crippen molar-refractivity contribution in [2.75, 3.05) is 26.0 Å². The van der Waals surface area contributed by atoms with Crippen molar-refractivity contribution in [3.05, 3.63) is 57.0 Å². The fraction of sp³-hybridized carbons (Fsp3) is 0.409. The summed E-state index contributed by atoms with van der Waals surface area (Å²) in [6.45, 7) is 0.517. The molecule has 1 aliphatic carbocycles. The number of hydrogen-bond donors (Lipinski definition) is 0. The van der Waals surface area contributed by atoms with Crippen LogP contribution in [0, 0.1) is 0 Å². The number of hydrogen-bond acceptors (Lipinski definition) is 5. The van der Waals surface area contributed by atoms with Gasteiger partial charge in [-0.3, -0.25) is 14.2 Å². The van der Waals surface area contributed by atoms with E-state index < -0.39 is 0 Å². The number of likely N-dealkylation sites (N-methyl/N-ethyl adjacent to an activating group) is 1. The van der Waals surface area contributed by atoms with E-state index in [-0.39, 0.29) is 18.0 Å². The third-order valence-electron chi connectivity index (χ3n) is 5.55. The standard InChI is InChI=1S/C22H26N4O2S/c1-24(2)16-10-8-15(9-11-16)12-25(3)19(27)13-26-14-23-21-20(22(26)28)17-6-4-5-7-18(17)29-21/h8-11,14H,4-7,12-13H2,1-3H3. The number of thiophene rings is 1. The number of carbonyl (C=O) groups is 1. The Bertz CT molecular complexity index is 1100. The number of benzene rings is 1. The first-order valence-corrected chi connectivity index (χ1v) is 10.8. The largest absolute Gasteiger partial charge is 0.378 e. The first-order chi connectivity index (χ1) is 13.9. The molecule has 4 rings (SSSR count). The molecule has 152 valence electrons. The molecule has 0 N–H and O–H groups in total. The molecule has 0 fully saturated rings. The average Bonchev–Trinajstić information content (AvgIpc) is 3.09. The summed E-state index contributed by atoms with van der Waals surface area (Å²) in [5.41, 5.74) is 3.24. The summed E-state index contributed by atoms with van der Waals surface area (Å²) in [5.74, 6) is -0.103. The van der Waals surface area contributed by atoms with Crippen LogP contribution in [-0.4, -0.2) is 41.5 Å². The van der Waals surface area contributed by atoms with Gasteiger partial charge in [-0.1, -0.05) is 12.1 Å². The molecule has 0 bridgehead atoms. The average molecular weight is 411 g/mol. The summed E-state index contributed by atoms with van der Waals surface area (Å²) >= 11 is 1.63. The molecule has 1 aliphatic rings. The fourth-order valence-corrected chi connectivity index (χ4v) is 5.04. The summed E-state index contributed by atoms with van der Waals surface area (Å²) in [7, 11) is 5.77. The lowest BCUT2D eigenvalue weighted by Gasteiger charge is -2.19. The monoisotopic (exact) mass is 410 g/mol. The van der Waals surface area contributed by atoms with E-state index in [0.717, 1.165) is 46.3 Å². The van der Waals surface area contributed by atoms with E-state index in [2.05, 4.69) is 4.98 Å². The van der Waals surface area contributed by atoms with Crippen molar-refractivity contribution in [3.63, 3.8) is 0 Å². The predicted molar refractivity (Wildman–Crippen MR) is 118 cm³/mol. The molecule has 6 nitrogen and oxygen atoms in total. The van der Waals surface area contributed by atoms with Gasteiger partial charge in [0.15, 0.2) is 0 Å². The molecule has 3 aromatic rings. The minimum atomic E-state index is -0.103. The molecule has 2 heterocycles. The van der Waals surface area contributed by atoms with Crippen LogP contribution in [0.3, 0.4) is 0 Å². The molecule has 0 radical (unpaired) electrons. The van der Waals surface area contributed by atoms with E-state index in [4.69, 9.17) is 0 Å². The van der Waals surface area contributed by atoms with Gasteiger partial charge in [-0.05, 0) is 48.9 Å². The minimum Gasteiger partial charge on any atom is -0.378 e. The van der Waals surface area contributed by atoms with Crippen molar-refractivity contribution in [1.29, 1.82) is 0 Å². The Balaban J connectivity index is 1.51. The van der Waals surface area contributed by atoms with Crippen molar-refractivity contribution in [1.82, 2.24) is 14.5 Å². The van der Waals surface area contributed by atoms with Crippen LogP contribution < -0.4 is 10.5 Å². The molecule has 0 saturated heterocycles. The lowest BCUT2D eigenvalue weighted by Crippen LogP contribution is -2.33. The summed E-state index contributed by atoms with van der Waals surface area (Å²) in [6, 6.07) is 8.12. The van der Waals surface area contributed by atoms with Crippen LogP contribution in [0.5, 0.6) is 0 Å². The highest BCUT2D eigenvalue weighted by Gasteiger charge is 2.21. The predicted octanol–water partition coefficient (Wildman–Crippen LogP) is 3.06. The second-order valence-corrected chi connectivity index (χ2v) is 8.96. The lowest BCUT2D eigenvalue weighted by molar-refractivity contribution is -0.131. The van der Waals surface area contributed by atoms with Gasteiger partial charge in [0.05, 0.1) is 11.7 Å². The molecular weight excluding hydrogens is 384 g/mol. The highest BCUT2D eigenvalue weighted by atomic mass is 32.1. The third-order valence-corrected chi connectivity index (χ3v) is 6.75. The highest BCUT2D eigenvalue weighted by molar-refractivity contribution is 7.18. The van der Waals surface area contributed by atoms with Gasteiger partial charge < -0.3 is 9.80 Å². The van der Waals surface area contributed by atoms with Crippen LogP contribution in [-0.2, 0) is 30.7 Å². The van der Waals surface area contributed by atoms with E-state index in [9.17, 15) is 9.59 Å². The van der Waals surface area contributed by atoms with Crippen LogP contribution in [0.4, 0.5) is 5.69 Å². The van der Waals surface area contributed by atoms with Gasteiger partial charge in [0.2, 0.25) is 5.91 Å². The summed E-state index contributed by atoms with van der Waals surface area (Å²) in [4.78, 5) is 36.0. The Hall–Kier alpha value is -2.67. The zero-order valence-corrected chi connectivity index (χ0v) is 18.0.